The number of hydrogen-bond donors (Lipinski definition) is 2. The summed E-state index contributed by atoms with van der Waals surface area (Å²) in [4.78, 5) is 15.2. The van der Waals surface area contributed by atoms with Crippen molar-refractivity contribution in [1.82, 2.24) is 4.90 Å². The van der Waals surface area contributed by atoms with E-state index in [1.807, 2.05) is 30.3 Å². The van der Waals surface area contributed by atoms with E-state index >= 15 is 0 Å². The molecule has 0 aromatic heterocycles. The SMILES string of the molecule is CCCC1(CCC)c2cc(Br)c(NC(=O)Cc3ccccc3)cc2C(N2CCCC2)C1O. The predicted octanol–water partition coefficient (Wildman–Crippen LogP) is 5.98. The largest absolute Gasteiger partial charge is 0.390 e. The molecule has 32 heavy (non-hydrogen) atoms. The van der Waals surface area contributed by atoms with E-state index in [9.17, 15) is 9.90 Å². The maximum absolute atomic E-state index is 12.8. The van der Waals surface area contributed by atoms with Gasteiger partial charge < -0.3 is 10.4 Å². The number of aliphatic hydroxyl groups is 1. The summed E-state index contributed by atoms with van der Waals surface area (Å²) in [6, 6.07) is 14.1. The van der Waals surface area contributed by atoms with Crippen molar-refractivity contribution in [3.63, 3.8) is 0 Å². The molecular formula is C27H35BrN2O2. The van der Waals surface area contributed by atoms with Gasteiger partial charge in [-0.15, -0.1) is 0 Å². The van der Waals surface area contributed by atoms with Crippen LogP contribution in [0.5, 0.6) is 0 Å². The van der Waals surface area contributed by atoms with Crippen LogP contribution in [-0.2, 0) is 16.6 Å². The molecule has 0 bridgehead atoms. The summed E-state index contributed by atoms with van der Waals surface area (Å²) in [5.41, 5.74) is 4.03. The molecule has 1 saturated heterocycles. The Kier molecular flexibility index (Phi) is 7.38. The quantitative estimate of drug-likeness (QED) is 0.470. The van der Waals surface area contributed by atoms with Crippen LogP contribution < -0.4 is 5.32 Å². The minimum atomic E-state index is -0.419. The van der Waals surface area contributed by atoms with Gasteiger partial charge in [0, 0.05) is 9.89 Å². The number of nitrogens with one attached hydrogen (secondary N) is 1. The molecule has 2 aromatic rings. The normalized spacial score (nSPS) is 22.1. The Hall–Kier alpha value is -1.69. The molecular weight excluding hydrogens is 464 g/mol. The smallest absolute Gasteiger partial charge is 0.228 e. The molecule has 2 aliphatic rings. The molecule has 2 atom stereocenters. The van der Waals surface area contributed by atoms with Crippen molar-refractivity contribution < 1.29 is 9.90 Å². The fraction of sp³-hybridized carbons (Fsp3) is 0.519. The van der Waals surface area contributed by atoms with Crippen molar-refractivity contribution in [3.05, 3.63) is 63.6 Å². The van der Waals surface area contributed by atoms with Gasteiger partial charge >= 0.3 is 0 Å². The standard InChI is InChI=1S/C27H35BrN2O2/c1-3-12-27(13-4-2)21-18-22(28)23(29-24(31)16-19-10-6-5-7-11-19)17-20(21)25(26(27)32)30-14-8-9-15-30/h5-7,10-11,17-18,25-26,32H,3-4,8-9,12-16H2,1-2H3,(H,29,31). The first kappa shape index (κ1) is 23.5. The Bertz CT molecular complexity index is 934. The summed E-state index contributed by atoms with van der Waals surface area (Å²) in [7, 11) is 0. The Morgan fingerprint density at radius 3 is 2.41 bits per heavy atom. The Balaban J connectivity index is 1.70. The van der Waals surface area contributed by atoms with E-state index < -0.39 is 6.10 Å². The number of anilines is 1. The number of aliphatic hydroxyl groups excluding tert-OH is 1. The second-order valence-corrected chi connectivity index (χ2v) is 10.3. The first-order valence-corrected chi connectivity index (χ1v) is 12.9. The number of halogens is 1. The number of benzene rings is 2. The average molecular weight is 499 g/mol. The fourth-order valence-electron chi connectivity index (χ4n) is 5.97. The minimum absolute atomic E-state index is 0.00322. The first-order valence-electron chi connectivity index (χ1n) is 12.1. The van der Waals surface area contributed by atoms with Crippen LogP contribution in [0, 0.1) is 0 Å². The van der Waals surface area contributed by atoms with Gasteiger partial charge in [0.05, 0.1) is 24.3 Å². The highest BCUT2D eigenvalue weighted by Crippen LogP contribution is 2.54. The maximum atomic E-state index is 12.8. The zero-order valence-corrected chi connectivity index (χ0v) is 20.8. The molecule has 1 amide bonds. The number of likely N-dealkylation sites (tertiary alicyclic amines) is 1. The highest BCUT2D eigenvalue weighted by molar-refractivity contribution is 9.10. The number of nitrogens with zero attached hydrogens (tertiary/aromatic N) is 1. The number of carbonyl (C=O) groups is 1. The molecule has 4 nitrogen and oxygen atoms in total. The second-order valence-electron chi connectivity index (χ2n) is 9.42. The second kappa shape index (κ2) is 10.1. The Morgan fingerprint density at radius 2 is 1.78 bits per heavy atom. The molecule has 1 aliphatic heterocycles. The summed E-state index contributed by atoms with van der Waals surface area (Å²) in [6.07, 6.45) is 6.33. The molecule has 172 valence electrons. The van der Waals surface area contributed by atoms with Gasteiger partial charge in [0.2, 0.25) is 5.91 Å². The lowest BCUT2D eigenvalue weighted by Gasteiger charge is -2.37. The van der Waals surface area contributed by atoms with Crippen LogP contribution in [0.1, 0.15) is 75.1 Å². The van der Waals surface area contributed by atoms with Crippen molar-refractivity contribution >= 4 is 27.5 Å². The van der Waals surface area contributed by atoms with Gasteiger partial charge in [-0.25, -0.2) is 0 Å². The molecule has 2 aromatic carbocycles. The molecule has 0 radical (unpaired) electrons. The van der Waals surface area contributed by atoms with Gasteiger partial charge in [-0.2, -0.15) is 0 Å². The van der Waals surface area contributed by atoms with Gasteiger partial charge in [-0.1, -0.05) is 57.0 Å². The van der Waals surface area contributed by atoms with Gasteiger partial charge in [0.25, 0.3) is 0 Å². The van der Waals surface area contributed by atoms with E-state index in [2.05, 4.69) is 52.1 Å². The lowest BCUT2D eigenvalue weighted by Crippen LogP contribution is -2.42. The topological polar surface area (TPSA) is 52.6 Å². The minimum Gasteiger partial charge on any atom is -0.390 e. The van der Waals surface area contributed by atoms with Crippen LogP contribution in [0.2, 0.25) is 0 Å². The van der Waals surface area contributed by atoms with Crippen LogP contribution >= 0.6 is 15.9 Å². The first-order chi connectivity index (χ1) is 15.5. The van der Waals surface area contributed by atoms with Crippen molar-refractivity contribution in [2.75, 3.05) is 18.4 Å². The van der Waals surface area contributed by atoms with E-state index in [1.165, 1.54) is 24.0 Å². The molecule has 0 saturated carbocycles. The van der Waals surface area contributed by atoms with Crippen molar-refractivity contribution in [2.24, 2.45) is 0 Å². The number of hydrogen-bond acceptors (Lipinski definition) is 3. The van der Waals surface area contributed by atoms with Crippen LogP contribution in [0.15, 0.2) is 46.9 Å². The van der Waals surface area contributed by atoms with E-state index in [0.717, 1.165) is 54.5 Å². The van der Waals surface area contributed by atoms with Crippen LogP contribution in [0.4, 0.5) is 5.69 Å². The van der Waals surface area contributed by atoms with E-state index in [4.69, 9.17) is 0 Å². The van der Waals surface area contributed by atoms with E-state index in [0.29, 0.717) is 6.42 Å². The molecule has 1 aliphatic carbocycles. The molecule has 0 spiro atoms. The third kappa shape index (κ3) is 4.40. The summed E-state index contributed by atoms with van der Waals surface area (Å²) in [5, 5.41) is 14.9. The van der Waals surface area contributed by atoms with Gasteiger partial charge in [0.15, 0.2) is 0 Å². The Morgan fingerprint density at radius 1 is 1.12 bits per heavy atom. The number of fused-ring (bicyclic) bond motifs is 1. The zero-order chi connectivity index (χ0) is 22.7. The maximum Gasteiger partial charge on any atom is 0.228 e. The third-order valence-electron chi connectivity index (χ3n) is 7.27. The number of rotatable bonds is 8. The predicted molar refractivity (Wildman–Crippen MR) is 134 cm³/mol. The number of carbonyl (C=O) groups excluding carboxylic acids is 1. The van der Waals surface area contributed by atoms with Crippen LogP contribution in [-0.4, -0.2) is 35.1 Å². The molecule has 2 unspecified atom stereocenters. The fourth-order valence-corrected chi connectivity index (χ4v) is 6.41. The van der Waals surface area contributed by atoms with E-state index in [-0.39, 0.29) is 17.4 Å². The molecule has 1 heterocycles. The summed E-state index contributed by atoms with van der Waals surface area (Å²) >= 11 is 3.73. The van der Waals surface area contributed by atoms with Crippen molar-refractivity contribution in [1.29, 1.82) is 0 Å². The van der Waals surface area contributed by atoms with Crippen molar-refractivity contribution in [3.8, 4) is 0 Å². The number of amides is 1. The molecule has 5 heteroatoms. The van der Waals surface area contributed by atoms with Gasteiger partial charge in [0.1, 0.15) is 0 Å². The average Bonchev–Trinajstić information content (AvgIpc) is 3.36. The van der Waals surface area contributed by atoms with Gasteiger partial charge in [-0.3, -0.25) is 9.69 Å². The monoisotopic (exact) mass is 498 g/mol. The van der Waals surface area contributed by atoms with Crippen LogP contribution in [0.3, 0.4) is 0 Å². The molecule has 4 rings (SSSR count). The summed E-state index contributed by atoms with van der Waals surface area (Å²) in [6.45, 7) is 6.48. The molecule has 1 fully saturated rings. The third-order valence-corrected chi connectivity index (χ3v) is 7.92. The lowest BCUT2D eigenvalue weighted by molar-refractivity contribution is -0.115. The lowest BCUT2D eigenvalue weighted by atomic mass is 9.72. The van der Waals surface area contributed by atoms with E-state index in [1.54, 1.807) is 0 Å². The Labute approximate surface area is 200 Å². The summed E-state index contributed by atoms with van der Waals surface area (Å²) in [5.74, 6) is -0.0264. The zero-order valence-electron chi connectivity index (χ0n) is 19.2. The summed E-state index contributed by atoms with van der Waals surface area (Å²) < 4.78 is 0.892. The van der Waals surface area contributed by atoms with Gasteiger partial charge in [-0.05, 0) is 83.5 Å². The highest BCUT2D eigenvalue weighted by atomic mass is 79.9. The van der Waals surface area contributed by atoms with Crippen LogP contribution in [0.25, 0.3) is 0 Å². The molecule has 2 N–H and O–H groups in total. The van der Waals surface area contributed by atoms with Crippen molar-refractivity contribution in [2.45, 2.75) is 76.4 Å². The highest BCUT2D eigenvalue weighted by Gasteiger charge is 2.52.